The minimum absolute atomic E-state index is 0.125. The Kier molecular flexibility index (Phi) is 7.71. The van der Waals surface area contributed by atoms with Crippen LogP contribution in [0.25, 0.3) is 11.4 Å². The zero-order chi connectivity index (χ0) is 26.5. The molecule has 5 rings (SSSR count). The molecule has 0 spiro atoms. The number of carbonyl (C=O) groups is 2. The predicted molar refractivity (Wildman–Crippen MR) is 139 cm³/mol. The number of nitrogens with one attached hydrogen (secondary N) is 1. The van der Waals surface area contributed by atoms with Crippen LogP contribution in [-0.4, -0.2) is 64.4 Å². The molecule has 0 saturated heterocycles. The first-order valence-electron chi connectivity index (χ1n) is 13.0. The summed E-state index contributed by atoms with van der Waals surface area (Å²) in [4.78, 5) is 29.7. The van der Waals surface area contributed by atoms with Gasteiger partial charge >= 0.3 is 0 Å². The standard InChI is InChI=1S/C27H32N6O5/c1-18(27(35)28-20-6-4-3-5-7-20)33(21-10-13-23-24(16-21)38-15-14-37-23)25(34)17-32-30-26(29-31-32)19-8-11-22(36-2)12-9-19/h8-13,16,18,20H,3-7,14-15,17H2,1-2H3,(H,28,35). The highest BCUT2D eigenvalue weighted by Gasteiger charge is 2.31. The summed E-state index contributed by atoms with van der Waals surface area (Å²) in [5.74, 6) is 1.68. The summed E-state index contributed by atoms with van der Waals surface area (Å²) in [6.45, 7) is 2.41. The minimum atomic E-state index is -0.767. The molecule has 1 unspecified atom stereocenters. The van der Waals surface area contributed by atoms with Gasteiger partial charge in [-0.15, -0.1) is 10.2 Å². The molecule has 38 heavy (non-hydrogen) atoms. The van der Waals surface area contributed by atoms with E-state index < -0.39 is 6.04 Å². The summed E-state index contributed by atoms with van der Waals surface area (Å²) in [5.41, 5.74) is 1.27. The van der Waals surface area contributed by atoms with Crippen LogP contribution in [0, 0.1) is 0 Å². The number of ether oxygens (including phenoxy) is 3. The van der Waals surface area contributed by atoms with E-state index in [2.05, 4.69) is 20.7 Å². The molecule has 0 bridgehead atoms. The van der Waals surface area contributed by atoms with Gasteiger partial charge in [-0.25, -0.2) is 0 Å². The normalized spacial score (nSPS) is 15.9. The van der Waals surface area contributed by atoms with E-state index in [1.807, 2.05) is 12.1 Å². The third-order valence-corrected chi connectivity index (χ3v) is 6.87. The highest BCUT2D eigenvalue weighted by atomic mass is 16.6. The molecule has 1 fully saturated rings. The molecule has 11 nitrogen and oxygen atoms in total. The topological polar surface area (TPSA) is 121 Å². The Hall–Kier alpha value is -4.15. The molecule has 1 N–H and O–H groups in total. The maximum Gasteiger partial charge on any atom is 0.251 e. The Labute approximate surface area is 221 Å². The number of hydrogen-bond donors (Lipinski definition) is 1. The molecule has 3 aromatic rings. The van der Waals surface area contributed by atoms with Gasteiger partial charge in [0.15, 0.2) is 11.5 Å². The van der Waals surface area contributed by atoms with Crippen molar-refractivity contribution >= 4 is 17.5 Å². The fraction of sp³-hybridized carbons (Fsp3) is 0.444. The zero-order valence-electron chi connectivity index (χ0n) is 21.6. The number of hydrogen-bond acceptors (Lipinski definition) is 8. The van der Waals surface area contributed by atoms with E-state index in [-0.39, 0.29) is 24.4 Å². The Morgan fingerprint density at radius 3 is 2.55 bits per heavy atom. The fourth-order valence-corrected chi connectivity index (χ4v) is 4.81. The Morgan fingerprint density at radius 1 is 1.08 bits per heavy atom. The van der Waals surface area contributed by atoms with Crippen molar-refractivity contribution in [1.82, 2.24) is 25.5 Å². The first-order chi connectivity index (χ1) is 18.5. The number of nitrogens with zero attached hydrogens (tertiary/aromatic N) is 5. The van der Waals surface area contributed by atoms with E-state index in [9.17, 15) is 9.59 Å². The molecule has 200 valence electrons. The number of fused-ring (bicyclic) bond motifs is 1. The second-order valence-electron chi connectivity index (χ2n) is 9.48. The lowest BCUT2D eigenvalue weighted by Crippen LogP contribution is -2.51. The molecule has 1 saturated carbocycles. The van der Waals surface area contributed by atoms with Crippen LogP contribution in [-0.2, 0) is 16.1 Å². The Bertz CT molecular complexity index is 1270. The van der Waals surface area contributed by atoms with Crippen LogP contribution in [0.1, 0.15) is 39.0 Å². The Morgan fingerprint density at radius 2 is 1.82 bits per heavy atom. The SMILES string of the molecule is COc1ccc(-c2nnn(CC(=O)N(c3ccc4c(c3)OCCO4)C(C)C(=O)NC3CCCCC3)n2)cc1. The number of benzene rings is 2. The third kappa shape index (κ3) is 5.71. The smallest absolute Gasteiger partial charge is 0.251 e. The number of tetrazole rings is 1. The van der Waals surface area contributed by atoms with Crippen LogP contribution in [0.3, 0.4) is 0 Å². The maximum atomic E-state index is 13.7. The summed E-state index contributed by atoms with van der Waals surface area (Å²) in [7, 11) is 1.60. The monoisotopic (exact) mass is 520 g/mol. The predicted octanol–water partition coefficient (Wildman–Crippen LogP) is 2.99. The molecular formula is C27H32N6O5. The van der Waals surface area contributed by atoms with Crippen molar-refractivity contribution in [2.75, 3.05) is 25.2 Å². The van der Waals surface area contributed by atoms with Crippen LogP contribution >= 0.6 is 0 Å². The van der Waals surface area contributed by atoms with Crippen LogP contribution in [0.2, 0.25) is 0 Å². The first-order valence-corrected chi connectivity index (χ1v) is 13.0. The van der Waals surface area contributed by atoms with Gasteiger partial charge in [0, 0.05) is 23.4 Å². The number of anilines is 1. The van der Waals surface area contributed by atoms with E-state index in [0.717, 1.165) is 31.2 Å². The summed E-state index contributed by atoms with van der Waals surface area (Å²) in [5, 5.41) is 15.7. The first kappa shape index (κ1) is 25.5. The van der Waals surface area contributed by atoms with Gasteiger partial charge in [0.05, 0.1) is 7.11 Å². The minimum Gasteiger partial charge on any atom is -0.497 e. The van der Waals surface area contributed by atoms with Crippen molar-refractivity contribution in [2.45, 2.75) is 57.7 Å². The summed E-state index contributed by atoms with van der Waals surface area (Å²) in [6, 6.07) is 11.8. The van der Waals surface area contributed by atoms with E-state index in [1.165, 1.54) is 16.1 Å². The van der Waals surface area contributed by atoms with Gasteiger partial charge in [-0.3, -0.25) is 14.5 Å². The number of amides is 2. The van der Waals surface area contributed by atoms with Crippen LogP contribution in [0.5, 0.6) is 17.2 Å². The lowest BCUT2D eigenvalue weighted by atomic mass is 9.95. The average Bonchev–Trinajstić information content (AvgIpc) is 3.42. The number of methoxy groups -OCH3 is 1. The molecule has 11 heteroatoms. The van der Waals surface area contributed by atoms with Gasteiger partial charge in [-0.1, -0.05) is 19.3 Å². The van der Waals surface area contributed by atoms with Crippen LogP contribution in [0.15, 0.2) is 42.5 Å². The van der Waals surface area contributed by atoms with Crippen molar-refractivity contribution in [2.24, 2.45) is 0 Å². The van der Waals surface area contributed by atoms with Crippen molar-refractivity contribution in [3.63, 3.8) is 0 Å². The molecule has 1 aliphatic heterocycles. The fourth-order valence-electron chi connectivity index (χ4n) is 4.81. The lowest BCUT2D eigenvalue weighted by molar-refractivity contribution is -0.127. The van der Waals surface area contributed by atoms with Gasteiger partial charge in [0.25, 0.3) is 5.91 Å². The molecule has 2 amide bonds. The quantitative estimate of drug-likeness (QED) is 0.481. The maximum absolute atomic E-state index is 13.7. The lowest BCUT2D eigenvalue weighted by Gasteiger charge is -2.31. The van der Waals surface area contributed by atoms with E-state index in [0.29, 0.717) is 42.0 Å². The highest BCUT2D eigenvalue weighted by Crippen LogP contribution is 2.35. The molecule has 1 aliphatic carbocycles. The number of carbonyl (C=O) groups excluding carboxylic acids is 2. The molecule has 1 atom stereocenters. The second-order valence-corrected chi connectivity index (χ2v) is 9.48. The van der Waals surface area contributed by atoms with Gasteiger partial charge < -0.3 is 19.5 Å². The second kappa shape index (κ2) is 11.5. The van der Waals surface area contributed by atoms with Crippen LogP contribution < -0.4 is 24.4 Å². The Balaban J connectivity index is 1.37. The van der Waals surface area contributed by atoms with Crippen molar-refractivity contribution < 1.29 is 23.8 Å². The molecule has 2 heterocycles. The van der Waals surface area contributed by atoms with Gasteiger partial charge in [-0.05, 0) is 61.4 Å². The van der Waals surface area contributed by atoms with Gasteiger partial charge in [-0.2, -0.15) is 4.80 Å². The molecule has 0 radical (unpaired) electrons. The molecule has 2 aromatic carbocycles. The zero-order valence-corrected chi connectivity index (χ0v) is 21.6. The third-order valence-electron chi connectivity index (χ3n) is 6.87. The largest absolute Gasteiger partial charge is 0.497 e. The van der Waals surface area contributed by atoms with Gasteiger partial charge in [0.1, 0.15) is 31.5 Å². The van der Waals surface area contributed by atoms with Crippen molar-refractivity contribution in [3.05, 3.63) is 42.5 Å². The van der Waals surface area contributed by atoms with Gasteiger partial charge in [0.2, 0.25) is 11.7 Å². The highest BCUT2D eigenvalue weighted by molar-refractivity contribution is 6.00. The average molecular weight is 521 g/mol. The summed E-state index contributed by atoms with van der Waals surface area (Å²) < 4.78 is 16.6. The van der Waals surface area contributed by atoms with E-state index >= 15 is 0 Å². The molecule has 2 aliphatic rings. The van der Waals surface area contributed by atoms with Crippen molar-refractivity contribution in [1.29, 1.82) is 0 Å². The molecular weight excluding hydrogens is 488 g/mol. The number of aromatic nitrogens is 4. The number of rotatable bonds is 8. The molecule has 1 aromatic heterocycles. The van der Waals surface area contributed by atoms with Crippen molar-refractivity contribution in [3.8, 4) is 28.6 Å². The van der Waals surface area contributed by atoms with E-state index in [1.54, 1.807) is 44.4 Å². The summed E-state index contributed by atoms with van der Waals surface area (Å²) >= 11 is 0. The van der Waals surface area contributed by atoms with Crippen LogP contribution in [0.4, 0.5) is 5.69 Å². The summed E-state index contributed by atoms with van der Waals surface area (Å²) in [6.07, 6.45) is 5.28. The van der Waals surface area contributed by atoms with E-state index in [4.69, 9.17) is 14.2 Å².